The number of aliphatic carboxylic acids is 1. The second-order valence-electron chi connectivity index (χ2n) is 6.73. The first-order valence-electron chi connectivity index (χ1n) is 7.54. The van der Waals surface area contributed by atoms with Gasteiger partial charge in [-0.25, -0.2) is 0 Å². The van der Waals surface area contributed by atoms with Gasteiger partial charge in [0.25, 0.3) is 0 Å². The highest BCUT2D eigenvalue weighted by Gasteiger charge is 2.44. The van der Waals surface area contributed by atoms with Gasteiger partial charge in [-0.05, 0) is 39.7 Å². The smallest absolute Gasteiger partial charge is 0.307 e. The molecule has 5 heteroatoms. The average Bonchev–Trinajstić information content (AvgIpc) is 2.76. The predicted octanol–water partition coefficient (Wildman–Crippen LogP) is 1.28. The Labute approximate surface area is 120 Å². The van der Waals surface area contributed by atoms with Crippen LogP contribution in [0, 0.1) is 17.8 Å². The number of hydrogen-bond acceptors (Lipinski definition) is 3. The van der Waals surface area contributed by atoms with Crippen LogP contribution in [0.3, 0.4) is 0 Å². The molecule has 0 aromatic rings. The van der Waals surface area contributed by atoms with Crippen molar-refractivity contribution in [2.75, 3.05) is 20.1 Å². The summed E-state index contributed by atoms with van der Waals surface area (Å²) in [5, 5.41) is 9.32. The highest BCUT2D eigenvalue weighted by atomic mass is 16.4. The molecule has 5 atom stereocenters. The SMILES string of the molecule is CC1C[C@H](C(=O)N2CC(C)N(C)C(C)C2)[C@H](C(=O)O)C1. The minimum absolute atomic E-state index is 0.0496. The molecule has 114 valence electrons. The Morgan fingerprint density at radius 3 is 2.00 bits per heavy atom. The molecule has 20 heavy (non-hydrogen) atoms. The van der Waals surface area contributed by atoms with Crippen molar-refractivity contribution in [1.29, 1.82) is 0 Å². The molecule has 2 fully saturated rings. The minimum atomic E-state index is -0.817. The maximum absolute atomic E-state index is 12.7. The van der Waals surface area contributed by atoms with Crippen LogP contribution in [0.15, 0.2) is 0 Å². The van der Waals surface area contributed by atoms with Gasteiger partial charge in [-0.15, -0.1) is 0 Å². The highest BCUT2D eigenvalue weighted by molar-refractivity contribution is 5.85. The zero-order valence-corrected chi connectivity index (χ0v) is 12.9. The van der Waals surface area contributed by atoms with Crippen molar-refractivity contribution in [3.8, 4) is 0 Å². The van der Waals surface area contributed by atoms with E-state index in [1.807, 2.05) is 11.8 Å². The highest BCUT2D eigenvalue weighted by Crippen LogP contribution is 2.38. The summed E-state index contributed by atoms with van der Waals surface area (Å²) in [6.07, 6.45) is 1.34. The van der Waals surface area contributed by atoms with Crippen LogP contribution in [0.4, 0.5) is 0 Å². The van der Waals surface area contributed by atoms with Crippen molar-refractivity contribution in [2.45, 2.75) is 45.7 Å². The summed E-state index contributed by atoms with van der Waals surface area (Å²) in [6.45, 7) is 7.68. The Bertz CT molecular complexity index is 387. The number of nitrogens with zero attached hydrogens (tertiary/aromatic N) is 2. The summed E-state index contributed by atoms with van der Waals surface area (Å²) < 4.78 is 0. The fraction of sp³-hybridized carbons (Fsp3) is 0.867. The van der Waals surface area contributed by atoms with Gasteiger partial charge in [0, 0.05) is 25.2 Å². The van der Waals surface area contributed by atoms with Crippen LogP contribution < -0.4 is 0 Å². The molecule has 1 saturated heterocycles. The number of carboxylic acid groups (broad SMARTS) is 1. The molecule has 0 aromatic carbocycles. The van der Waals surface area contributed by atoms with Crippen molar-refractivity contribution in [3.05, 3.63) is 0 Å². The minimum Gasteiger partial charge on any atom is -0.481 e. The molecular weight excluding hydrogens is 256 g/mol. The van der Waals surface area contributed by atoms with Gasteiger partial charge in [0.2, 0.25) is 5.91 Å². The molecule has 1 N–H and O–H groups in total. The van der Waals surface area contributed by atoms with E-state index in [2.05, 4.69) is 25.8 Å². The number of carboxylic acids is 1. The van der Waals surface area contributed by atoms with E-state index in [0.717, 1.165) is 0 Å². The number of piperazine rings is 1. The quantitative estimate of drug-likeness (QED) is 0.829. The van der Waals surface area contributed by atoms with Crippen molar-refractivity contribution >= 4 is 11.9 Å². The molecular formula is C15H26N2O3. The fourth-order valence-electron chi connectivity index (χ4n) is 3.66. The summed E-state index contributed by atoms with van der Waals surface area (Å²) in [7, 11) is 2.08. The van der Waals surface area contributed by atoms with Gasteiger partial charge < -0.3 is 10.0 Å². The Kier molecular flexibility index (Phi) is 4.37. The number of carbonyl (C=O) groups is 2. The predicted molar refractivity (Wildman–Crippen MR) is 76.3 cm³/mol. The molecule has 1 aliphatic heterocycles. The van der Waals surface area contributed by atoms with Gasteiger partial charge in [0.05, 0.1) is 11.8 Å². The Balaban J connectivity index is 2.09. The molecule has 1 saturated carbocycles. The second kappa shape index (κ2) is 5.72. The van der Waals surface area contributed by atoms with E-state index in [-0.39, 0.29) is 11.8 Å². The van der Waals surface area contributed by atoms with E-state index in [9.17, 15) is 14.7 Å². The summed E-state index contributed by atoms with van der Waals surface area (Å²) in [5.41, 5.74) is 0. The monoisotopic (exact) mass is 282 g/mol. The van der Waals surface area contributed by atoms with Gasteiger partial charge in [-0.1, -0.05) is 6.92 Å². The molecule has 0 radical (unpaired) electrons. The van der Waals surface area contributed by atoms with Crippen LogP contribution in [0.25, 0.3) is 0 Å². The Morgan fingerprint density at radius 1 is 1.00 bits per heavy atom. The maximum atomic E-state index is 12.7. The largest absolute Gasteiger partial charge is 0.481 e. The average molecular weight is 282 g/mol. The lowest BCUT2D eigenvalue weighted by Crippen LogP contribution is -2.57. The molecule has 0 aromatic heterocycles. The van der Waals surface area contributed by atoms with Crippen LogP contribution in [0.5, 0.6) is 0 Å². The zero-order chi connectivity index (χ0) is 15.0. The van der Waals surface area contributed by atoms with Crippen molar-refractivity contribution < 1.29 is 14.7 Å². The first kappa shape index (κ1) is 15.3. The van der Waals surface area contributed by atoms with Gasteiger partial charge in [-0.3, -0.25) is 14.5 Å². The van der Waals surface area contributed by atoms with E-state index in [1.165, 1.54) is 0 Å². The summed E-state index contributed by atoms with van der Waals surface area (Å²) >= 11 is 0. The lowest BCUT2D eigenvalue weighted by molar-refractivity contribution is -0.150. The summed E-state index contributed by atoms with van der Waals surface area (Å²) in [6, 6.07) is 0.648. The molecule has 3 unspecified atom stereocenters. The van der Waals surface area contributed by atoms with E-state index in [0.29, 0.717) is 43.9 Å². The number of amides is 1. The molecule has 2 aliphatic rings. The normalized spacial score (nSPS) is 39.0. The molecule has 1 amide bonds. The van der Waals surface area contributed by atoms with E-state index >= 15 is 0 Å². The van der Waals surface area contributed by atoms with E-state index in [4.69, 9.17) is 0 Å². The van der Waals surface area contributed by atoms with Gasteiger partial charge in [-0.2, -0.15) is 0 Å². The van der Waals surface area contributed by atoms with Crippen LogP contribution >= 0.6 is 0 Å². The van der Waals surface area contributed by atoms with Crippen molar-refractivity contribution in [1.82, 2.24) is 9.80 Å². The lowest BCUT2D eigenvalue weighted by Gasteiger charge is -2.43. The summed E-state index contributed by atoms with van der Waals surface area (Å²) in [5.74, 6) is -1.27. The van der Waals surface area contributed by atoms with Crippen LogP contribution in [0.1, 0.15) is 33.6 Å². The van der Waals surface area contributed by atoms with Crippen LogP contribution in [-0.2, 0) is 9.59 Å². The van der Waals surface area contributed by atoms with E-state index in [1.54, 1.807) is 0 Å². The Morgan fingerprint density at radius 2 is 1.50 bits per heavy atom. The third-order valence-corrected chi connectivity index (χ3v) is 5.10. The molecule has 1 aliphatic carbocycles. The molecule has 1 heterocycles. The van der Waals surface area contributed by atoms with Crippen molar-refractivity contribution in [3.63, 3.8) is 0 Å². The molecule has 0 spiro atoms. The first-order valence-corrected chi connectivity index (χ1v) is 7.54. The molecule has 5 nitrogen and oxygen atoms in total. The van der Waals surface area contributed by atoms with Crippen molar-refractivity contribution in [2.24, 2.45) is 17.8 Å². The van der Waals surface area contributed by atoms with Crippen LogP contribution in [0.2, 0.25) is 0 Å². The first-order chi connectivity index (χ1) is 9.31. The standard InChI is InChI=1S/C15H26N2O3/c1-9-5-12(13(6-9)15(19)20)14(18)17-7-10(2)16(4)11(3)8-17/h9-13H,5-8H2,1-4H3,(H,19,20)/t9?,10?,11?,12-,13+/m0/s1. The maximum Gasteiger partial charge on any atom is 0.307 e. The van der Waals surface area contributed by atoms with Gasteiger partial charge in [0.15, 0.2) is 0 Å². The fourth-order valence-corrected chi connectivity index (χ4v) is 3.66. The zero-order valence-electron chi connectivity index (χ0n) is 12.9. The summed E-state index contributed by atoms with van der Waals surface area (Å²) in [4.78, 5) is 28.2. The number of rotatable bonds is 2. The van der Waals surface area contributed by atoms with Gasteiger partial charge in [0.1, 0.15) is 0 Å². The number of hydrogen-bond donors (Lipinski definition) is 1. The topological polar surface area (TPSA) is 60.9 Å². The second-order valence-corrected chi connectivity index (χ2v) is 6.73. The number of carbonyl (C=O) groups excluding carboxylic acids is 1. The van der Waals surface area contributed by atoms with E-state index < -0.39 is 11.9 Å². The van der Waals surface area contributed by atoms with Crippen LogP contribution in [-0.4, -0.2) is 59.0 Å². The third kappa shape index (κ3) is 2.82. The lowest BCUT2D eigenvalue weighted by atomic mass is 9.93. The Hall–Kier alpha value is -1.10. The van der Waals surface area contributed by atoms with Gasteiger partial charge >= 0.3 is 5.97 Å². The molecule has 2 rings (SSSR count). The number of likely N-dealkylation sites (N-methyl/N-ethyl adjacent to an activating group) is 1. The molecule has 0 bridgehead atoms. The third-order valence-electron chi connectivity index (χ3n) is 5.10.